The molecule has 0 unspecified atom stereocenters. The lowest BCUT2D eigenvalue weighted by Crippen LogP contribution is -2.55. The number of nitrogens with one attached hydrogen (secondary N) is 1. The van der Waals surface area contributed by atoms with Gasteiger partial charge in [0.2, 0.25) is 5.91 Å². The Hall–Kier alpha value is -0.610. The second-order valence-corrected chi connectivity index (χ2v) is 4.14. The number of aliphatic hydroxyl groups is 1. The largest absolute Gasteiger partial charge is 0.389 e. The van der Waals surface area contributed by atoms with Crippen LogP contribution in [-0.2, 0) is 4.79 Å². The minimum atomic E-state index is -0.488. The summed E-state index contributed by atoms with van der Waals surface area (Å²) < 4.78 is 0. The fourth-order valence-corrected chi connectivity index (χ4v) is 1.99. The third-order valence-electron chi connectivity index (χ3n) is 2.92. The summed E-state index contributed by atoms with van der Waals surface area (Å²) in [4.78, 5) is 13.1. The summed E-state index contributed by atoms with van der Waals surface area (Å²) in [5, 5.41) is 12.6. The van der Waals surface area contributed by atoms with Crippen LogP contribution in [0.4, 0.5) is 0 Å². The first kappa shape index (κ1) is 8.97. The molecule has 1 aliphatic carbocycles. The molecule has 2 aliphatic rings. The highest BCUT2D eigenvalue weighted by Gasteiger charge is 2.36. The molecule has 1 aliphatic heterocycles. The summed E-state index contributed by atoms with van der Waals surface area (Å²) in [6, 6.07) is 0. The molecule has 1 amide bonds. The van der Waals surface area contributed by atoms with Crippen molar-refractivity contribution in [2.45, 2.75) is 24.9 Å². The van der Waals surface area contributed by atoms with Crippen LogP contribution in [0.5, 0.6) is 0 Å². The third-order valence-corrected chi connectivity index (χ3v) is 2.92. The Kier molecular flexibility index (Phi) is 2.26. The quantitative estimate of drug-likeness (QED) is 0.598. The van der Waals surface area contributed by atoms with Gasteiger partial charge in [0.1, 0.15) is 0 Å². The van der Waals surface area contributed by atoms with Crippen LogP contribution in [-0.4, -0.2) is 47.7 Å². The topological polar surface area (TPSA) is 52.6 Å². The molecule has 2 N–H and O–H groups in total. The number of amides is 1. The van der Waals surface area contributed by atoms with E-state index in [2.05, 4.69) is 5.32 Å². The molecular weight excluding hydrogens is 168 g/mol. The summed E-state index contributed by atoms with van der Waals surface area (Å²) >= 11 is 0. The molecule has 4 heteroatoms. The molecule has 1 saturated heterocycles. The van der Waals surface area contributed by atoms with Crippen LogP contribution in [0.15, 0.2) is 0 Å². The molecule has 1 heterocycles. The summed E-state index contributed by atoms with van der Waals surface area (Å²) in [6.07, 6.45) is 2.91. The first-order valence-corrected chi connectivity index (χ1v) is 4.89. The van der Waals surface area contributed by atoms with Crippen molar-refractivity contribution in [3.05, 3.63) is 0 Å². The predicted octanol–water partition coefficient (Wildman–Crippen LogP) is -0.667. The second-order valence-electron chi connectivity index (χ2n) is 4.14. The average molecular weight is 184 g/mol. The third kappa shape index (κ3) is 2.00. The van der Waals surface area contributed by atoms with Crippen molar-refractivity contribution < 1.29 is 9.90 Å². The van der Waals surface area contributed by atoms with E-state index in [1.54, 1.807) is 0 Å². The zero-order valence-electron chi connectivity index (χ0n) is 7.75. The fraction of sp³-hybridized carbons (Fsp3) is 0.889. The molecule has 74 valence electrons. The van der Waals surface area contributed by atoms with Crippen LogP contribution < -0.4 is 5.32 Å². The van der Waals surface area contributed by atoms with Crippen molar-refractivity contribution in [2.24, 2.45) is 0 Å². The van der Waals surface area contributed by atoms with Crippen LogP contribution in [0.3, 0.4) is 0 Å². The number of hydrogen-bond donors (Lipinski definition) is 2. The number of hydrogen-bond acceptors (Lipinski definition) is 3. The van der Waals surface area contributed by atoms with Gasteiger partial charge in [-0.05, 0) is 19.3 Å². The van der Waals surface area contributed by atoms with E-state index in [1.807, 2.05) is 4.90 Å². The van der Waals surface area contributed by atoms with Gasteiger partial charge in [-0.2, -0.15) is 0 Å². The van der Waals surface area contributed by atoms with Crippen LogP contribution >= 0.6 is 0 Å². The summed E-state index contributed by atoms with van der Waals surface area (Å²) in [5.41, 5.74) is -0.488. The molecule has 0 atom stereocenters. The number of rotatable bonds is 2. The first-order chi connectivity index (χ1) is 6.18. The van der Waals surface area contributed by atoms with Crippen LogP contribution in [0.25, 0.3) is 0 Å². The lowest BCUT2D eigenvalue weighted by atomic mass is 9.80. The van der Waals surface area contributed by atoms with Crippen LogP contribution in [0.2, 0.25) is 0 Å². The minimum absolute atomic E-state index is 0.0779. The molecule has 2 rings (SSSR count). The molecule has 0 aromatic carbocycles. The van der Waals surface area contributed by atoms with E-state index in [9.17, 15) is 9.90 Å². The molecule has 2 fully saturated rings. The number of nitrogens with zero attached hydrogens (tertiary/aromatic N) is 1. The maximum atomic E-state index is 11.0. The average Bonchev–Trinajstić information content (AvgIpc) is 2.01. The lowest BCUT2D eigenvalue weighted by molar-refractivity contribution is -0.126. The van der Waals surface area contributed by atoms with Gasteiger partial charge < -0.3 is 10.4 Å². The Morgan fingerprint density at radius 1 is 1.54 bits per heavy atom. The SMILES string of the molecule is O=C1CN(CC2(O)CCC2)CCN1. The van der Waals surface area contributed by atoms with E-state index in [4.69, 9.17) is 0 Å². The fourth-order valence-electron chi connectivity index (χ4n) is 1.99. The van der Waals surface area contributed by atoms with Gasteiger partial charge in [0.25, 0.3) is 0 Å². The van der Waals surface area contributed by atoms with E-state index < -0.39 is 5.60 Å². The number of piperazine rings is 1. The number of β-amino-alcohol motifs (C(OH)–C–C–N with tert-alkyl or cyclic N) is 1. The monoisotopic (exact) mass is 184 g/mol. The molecular formula is C9H16N2O2. The Labute approximate surface area is 77.9 Å². The van der Waals surface area contributed by atoms with Crippen molar-refractivity contribution in [2.75, 3.05) is 26.2 Å². The molecule has 13 heavy (non-hydrogen) atoms. The number of carbonyl (C=O) groups is 1. The zero-order chi connectivity index (χ0) is 9.31. The molecule has 0 spiro atoms. The van der Waals surface area contributed by atoms with Gasteiger partial charge in [-0.25, -0.2) is 0 Å². The van der Waals surface area contributed by atoms with Crippen LogP contribution in [0.1, 0.15) is 19.3 Å². The molecule has 0 aromatic rings. The van der Waals surface area contributed by atoms with Gasteiger partial charge in [-0.1, -0.05) is 0 Å². The van der Waals surface area contributed by atoms with E-state index in [1.165, 1.54) is 0 Å². The van der Waals surface area contributed by atoms with Crippen molar-refractivity contribution in [3.63, 3.8) is 0 Å². The molecule has 0 aromatic heterocycles. The lowest BCUT2D eigenvalue weighted by Gasteiger charge is -2.41. The van der Waals surface area contributed by atoms with Gasteiger partial charge in [0.15, 0.2) is 0 Å². The Morgan fingerprint density at radius 3 is 2.85 bits per heavy atom. The smallest absolute Gasteiger partial charge is 0.234 e. The van der Waals surface area contributed by atoms with Gasteiger partial charge in [0, 0.05) is 19.6 Å². The maximum Gasteiger partial charge on any atom is 0.234 e. The van der Waals surface area contributed by atoms with Crippen molar-refractivity contribution >= 4 is 5.91 Å². The van der Waals surface area contributed by atoms with E-state index in [0.717, 1.165) is 32.4 Å². The molecule has 1 saturated carbocycles. The Bertz CT molecular complexity index is 214. The van der Waals surface area contributed by atoms with E-state index in [0.29, 0.717) is 13.1 Å². The van der Waals surface area contributed by atoms with Crippen molar-refractivity contribution in [3.8, 4) is 0 Å². The number of carbonyl (C=O) groups excluding carboxylic acids is 1. The Balaban J connectivity index is 1.83. The van der Waals surface area contributed by atoms with Crippen molar-refractivity contribution in [1.29, 1.82) is 0 Å². The second kappa shape index (κ2) is 3.27. The molecule has 4 nitrogen and oxygen atoms in total. The Morgan fingerprint density at radius 2 is 2.31 bits per heavy atom. The first-order valence-electron chi connectivity index (χ1n) is 4.89. The maximum absolute atomic E-state index is 11.0. The van der Waals surface area contributed by atoms with Gasteiger partial charge >= 0.3 is 0 Å². The summed E-state index contributed by atoms with van der Waals surface area (Å²) in [7, 11) is 0. The van der Waals surface area contributed by atoms with Gasteiger partial charge in [-0.15, -0.1) is 0 Å². The van der Waals surface area contributed by atoms with Gasteiger partial charge in [0.05, 0.1) is 12.1 Å². The molecule has 0 bridgehead atoms. The van der Waals surface area contributed by atoms with Gasteiger partial charge in [-0.3, -0.25) is 9.69 Å². The molecule has 0 radical (unpaired) electrons. The normalized spacial score (nSPS) is 27.9. The minimum Gasteiger partial charge on any atom is -0.389 e. The summed E-state index contributed by atoms with van der Waals surface area (Å²) in [5.74, 6) is 0.0779. The zero-order valence-corrected chi connectivity index (χ0v) is 7.75. The van der Waals surface area contributed by atoms with Crippen LogP contribution in [0, 0.1) is 0 Å². The highest BCUT2D eigenvalue weighted by molar-refractivity contribution is 5.78. The van der Waals surface area contributed by atoms with E-state index in [-0.39, 0.29) is 5.91 Å². The predicted molar refractivity (Wildman–Crippen MR) is 48.3 cm³/mol. The standard InChI is InChI=1S/C9H16N2O2/c12-8-6-11(5-4-10-8)7-9(13)2-1-3-9/h13H,1-7H2,(H,10,12). The highest BCUT2D eigenvalue weighted by atomic mass is 16.3. The summed E-state index contributed by atoms with van der Waals surface area (Å²) in [6.45, 7) is 2.70. The van der Waals surface area contributed by atoms with Crippen molar-refractivity contribution in [1.82, 2.24) is 10.2 Å². The highest BCUT2D eigenvalue weighted by Crippen LogP contribution is 2.32. The van der Waals surface area contributed by atoms with E-state index >= 15 is 0 Å².